The number of primary sulfonamides is 1. The topological polar surface area (TPSA) is 136 Å². The van der Waals surface area contributed by atoms with Gasteiger partial charge in [-0.1, -0.05) is 23.9 Å². The van der Waals surface area contributed by atoms with Crippen LogP contribution in [0.4, 0.5) is 5.95 Å². The van der Waals surface area contributed by atoms with Crippen molar-refractivity contribution in [1.29, 1.82) is 0 Å². The molecule has 0 spiro atoms. The summed E-state index contributed by atoms with van der Waals surface area (Å²) in [4.78, 5) is 14.6. The van der Waals surface area contributed by atoms with Crippen LogP contribution in [0, 0.1) is 0 Å². The monoisotopic (exact) mass is 490 g/mol. The maximum Gasteiger partial charge on any atom is 0.238 e. The molecule has 1 amide bonds. The summed E-state index contributed by atoms with van der Waals surface area (Å²) in [7, 11) is -3.71. The summed E-state index contributed by atoms with van der Waals surface area (Å²) in [6.45, 7) is 2.83. The minimum Gasteiger partial charge on any atom is -0.467 e. The van der Waals surface area contributed by atoms with Crippen molar-refractivity contribution < 1.29 is 17.6 Å². The fraction of sp³-hybridized carbons (Fsp3) is 0.381. The second-order valence-electron chi connectivity index (χ2n) is 7.72. The number of amides is 1. The molecule has 0 unspecified atom stereocenters. The molecule has 2 aromatic heterocycles. The standard InChI is InChI=1S/C21H26N6O4S2/c22-33(29,30)18-7-5-16(6-8-18)9-10-23-19(28)15-32-21-25-24-20(26-11-1-2-12-26)27(21)14-17-4-3-13-31-17/h3-8,13H,1-2,9-12,14-15H2,(H,23,28)(H2,22,29,30). The molecule has 3 aromatic rings. The van der Waals surface area contributed by atoms with Gasteiger partial charge in [-0.05, 0) is 49.1 Å². The van der Waals surface area contributed by atoms with E-state index in [9.17, 15) is 13.2 Å². The Labute approximate surface area is 196 Å². The number of hydrogen-bond donors (Lipinski definition) is 2. The molecule has 0 radical (unpaired) electrons. The van der Waals surface area contributed by atoms with E-state index in [0.717, 1.165) is 43.2 Å². The van der Waals surface area contributed by atoms with Crippen LogP contribution < -0.4 is 15.4 Å². The van der Waals surface area contributed by atoms with E-state index in [2.05, 4.69) is 20.4 Å². The number of furan rings is 1. The van der Waals surface area contributed by atoms with E-state index < -0.39 is 10.0 Å². The first-order valence-electron chi connectivity index (χ1n) is 10.6. The number of nitrogens with one attached hydrogen (secondary N) is 1. The summed E-state index contributed by atoms with van der Waals surface area (Å²) in [6.07, 6.45) is 4.47. The van der Waals surface area contributed by atoms with Gasteiger partial charge in [-0.15, -0.1) is 10.2 Å². The summed E-state index contributed by atoms with van der Waals surface area (Å²) in [6, 6.07) is 10.1. The van der Waals surface area contributed by atoms with Crippen LogP contribution in [0.25, 0.3) is 0 Å². The lowest BCUT2D eigenvalue weighted by atomic mass is 10.1. The average molecular weight is 491 g/mol. The number of sulfonamides is 1. The zero-order valence-corrected chi connectivity index (χ0v) is 19.6. The molecule has 12 heteroatoms. The quantitative estimate of drug-likeness (QED) is 0.409. The minimum atomic E-state index is -3.71. The van der Waals surface area contributed by atoms with Crippen LogP contribution in [-0.4, -0.2) is 54.5 Å². The molecular weight excluding hydrogens is 464 g/mol. The third-order valence-electron chi connectivity index (χ3n) is 5.30. The second-order valence-corrected chi connectivity index (χ2v) is 10.2. The van der Waals surface area contributed by atoms with E-state index in [0.29, 0.717) is 24.7 Å². The first-order valence-corrected chi connectivity index (χ1v) is 13.1. The van der Waals surface area contributed by atoms with E-state index >= 15 is 0 Å². The summed E-state index contributed by atoms with van der Waals surface area (Å²) in [5.41, 5.74) is 0.906. The van der Waals surface area contributed by atoms with Crippen LogP contribution in [0.5, 0.6) is 0 Å². The molecular formula is C21H26N6O4S2. The first-order chi connectivity index (χ1) is 15.9. The Kier molecular flexibility index (Phi) is 7.36. The van der Waals surface area contributed by atoms with Gasteiger partial charge >= 0.3 is 0 Å². The maximum absolute atomic E-state index is 12.4. The maximum atomic E-state index is 12.4. The van der Waals surface area contributed by atoms with Crippen molar-refractivity contribution in [3.63, 3.8) is 0 Å². The van der Waals surface area contributed by atoms with Crippen molar-refractivity contribution in [3.8, 4) is 0 Å². The number of thioether (sulfide) groups is 1. The number of anilines is 1. The van der Waals surface area contributed by atoms with Crippen molar-refractivity contribution >= 4 is 33.6 Å². The summed E-state index contributed by atoms with van der Waals surface area (Å²) in [5, 5.41) is 17.4. The first kappa shape index (κ1) is 23.3. The van der Waals surface area contributed by atoms with Crippen molar-refractivity contribution in [2.24, 2.45) is 5.14 Å². The molecule has 10 nitrogen and oxygen atoms in total. The molecule has 3 heterocycles. The summed E-state index contributed by atoms with van der Waals surface area (Å²) >= 11 is 1.34. The van der Waals surface area contributed by atoms with Gasteiger partial charge in [-0.3, -0.25) is 9.36 Å². The van der Waals surface area contributed by atoms with Crippen LogP contribution in [0.15, 0.2) is 57.1 Å². The molecule has 4 rings (SSSR count). The van der Waals surface area contributed by atoms with Gasteiger partial charge in [0.1, 0.15) is 5.76 Å². The zero-order valence-electron chi connectivity index (χ0n) is 18.0. The number of hydrogen-bond acceptors (Lipinski definition) is 8. The van der Waals surface area contributed by atoms with Gasteiger partial charge < -0.3 is 14.6 Å². The predicted molar refractivity (Wildman–Crippen MR) is 125 cm³/mol. The van der Waals surface area contributed by atoms with Crippen LogP contribution in [-0.2, 0) is 27.8 Å². The Hall–Kier alpha value is -2.83. The van der Waals surface area contributed by atoms with Gasteiger partial charge in [0, 0.05) is 19.6 Å². The van der Waals surface area contributed by atoms with E-state index in [1.165, 1.54) is 23.9 Å². The van der Waals surface area contributed by atoms with Gasteiger partial charge in [0.2, 0.25) is 21.9 Å². The molecule has 1 aliphatic heterocycles. The molecule has 0 aliphatic carbocycles. The number of carbonyl (C=O) groups excluding carboxylic acids is 1. The molecule has 1 aromatic carbocycles. The number of nitrogens with zero attached hydrogens (tertiary/aromatic N) is 4. The molecule has 176 valence electrons. The van der Waals surface area contributed by atoms with Crippen molar-refractivity contribution in [1.82, 2.24) is 20.1 Å². The largest absolute Gasteiger partial charge is 0.467 e. The highest BCUT2D eigenvalue weighted by molar-refractivity contribution is 7.99. The number of benzene rings is 1. The second kappa shape index (κ2) is 10.4. The number of rotatable bonds is 10. The van der Waals surface area contributed by atoms with Crippen LogP contribution in [0.3, 0.4) is 0 Å². The van der Waals surface area contributed by atoms with Gasteiger partial charge in [0.05, 0.1) is 23.5 Å². The Balaban J connectivity index is 1.31. The lowest BCUT2D eigenvalue weighted by Crippen LogP contribution is -2.27. The Morgan fingerprint density at radius 3 is 2.58 bits per heavy atom. The average Bonchev–Trinajstić information content (AvgIpc) is 3.55. The fourth-order valence-corrected chi connectivity index (χ4v) is 4.89. The van der Waals surface area contributed by atoms with Crippen molar-refractivity contribution in [2.45, 2.75) is 35.9 Å². The molecule has 3 N–H and O–H groups in total. The molecule has 33 heavy (non-hydrogen) atoms. The van der Waals surface area contributed by atoms with Crippen LogP contribution in [0.1, 0.15) is 24.2 Å². The third-order valence-corrected chi connectivity index (χ3v) is 7.20. The van der Waals surface area contributed by atoms with Gasteiger partial charge in [-0.25, -0.2) is 13.6 Å². The lowest BCUT2D eigenvalue weighted by Gasteiger charge is -2.17. The van der Waals surface area contributed by atoms with Crippen molar-refractivity contribution in [3.05, 3.63) is 54.0 Å². The van der Waals surface area contributed by atoms with Crippen LogP contribution >= 0.6 is 11.8 Å². The fourth-order valence-electron chi connectivity index (χ4n) is 3.61. The normalized spacial score (nSPS) is 14.0. The molecule has 1 aliphatic rings. The van der Waals surface area contributed by atoms with Gasteiger partial charge in [0.15, 0.2) is 5.16 Å². The Morgan fingerprint density at radius 1 is 1.15 bits per heavy atom. The van der Waals surface area contributed by atoms with Crippen molar-refractivity contribution in [2.75, 3.05) is 30.3 Å². The van der Waals surface area contributed by atoms with Gasteiger partial charge in [0.25, 0.3) is 0 Å². The summed E-state index contributed by atoms with van der Waals surface area (Å²) in [5.74, 6) is 1.70. The lowest BCUT2D eigenvalue weighted by molar-refractivity contribution is -0.118. The smallest absolute Gasteiger partial charge is 0.238 e. The molecule has 1 fully saturated rings. The highest BCUT2D eigenvalue weighted by Gasteiger charge is 2.22. The van der Waals surface area contributed by atoms with E-state index in [1.807, 2.05) is 16.7 Å². The highest BCUT2D eigenvalue weighted by Crippen LogP contribution is 2.25. The molecule has 0 bridgehead atoms. The predicted octanol–water partition coefficient (Wildman–Crippen LogP) is 1.62. The van der Waals surface area contributed by atoms with Crippen LogP contribution in [0.2, 0.25) is 0 Å². The number of aromatic nitrogens is 3. The number of nitrogens with two attached hydrogens (primary N) is 1. The molecule has 0 saturated carbocycles. The van der Waals surface area contributed by atoms with E-state index in [4.69, 9.17) is 9.56 Å². The summed E-state index contributed by atoms with van der Waals surface area (Å²) < 4.78 is 30.1. The van der Waals surface area contributed by atoms with Gasteiger partial charge in [-0.2, -0.15) is 0 Å². The SMILES string of the molecule is NS(=O)(=O)c1ccc(CCNC(=O)CSc2nnc(N3CCCC3)n2Cc2ccco2)cc1. The van der Waals surface area contributed by atoms with E-state index in [-0.39, 0.29) is 16.6 Å². The Morgan fingerprint density at radius 2 is 1.91 bits per heavy atom. The Bertz CT molecular complexity index is 1170. The zero-order chi connectivity index (χ0) is 23.3. The van der Waals surface area contributed by atoms with E-state index in [1.54, 1.807) is 18.4 Å². The minimum absolute atomic E-state index is 0.0682. The highest BCUT2D eigenvalue weighted by atomic mass is 32.2. The number of carbonyl (C=O) groups is 1. The molecule has 0 atom stereocenters. The molecule has 1 saturated heterocycles. The third kappa shape index (κ3) is 6.15.